The van der Waals surface area contributed by atoms with Gasteiger partial charge in [0.15, 0.2) is 14.1 Å². The van der Waals surface area contributed by atoms with Gasteiger partial charge in [-0.2, -0.15) is 0 Å². The normalized spacial score (nSPS) is 13.1. The second-order valence-corrected chi connectivity index (χ2v) is 13.5. The van der Waals surface area contributed by atoms with Gasteiger partial charge in [0.2, 0.25) is 0 Å². The summed E-state index contributed by atoms with van der Waals surface area (Å²) in [5.41, 5.74) is 1.26. The molecule has 0 unspecified atom stereocenters. The van der Waals surface area contributed by atoms with Crippen molar-refractivity contribution in [3.63, 3.8) is 0 Å². The summed E-state index contributed by atoms with van der Waals surface area (Å²) < 4.78 is 11.7. The Balaban J connectivity index is 3.08. The topological polar surface area (TPSA) is 35.5 Å². The fourth-order valence-corrected chi connectivity index (χ4v) is 2.89. The Kier molecular flexibility index (Phi) is 5.87. The highest BCUT2D eigenvalue weighted by Crippen LogP contribution is 2.37. The minimum atomic E-state index is -1.85. The van der Waals surface area contributed by atoms with E-state index < -0.39 is 13.7 Å². The van der Waals surface area contributed by atoms with Crippen molar-refractivity contribution in [1.82, 2.24) is 0 Å². The summed E-state index contributed by atoms with van der Waals surface area (Å²) in [4.78, 5) is 12.5. The summed E-state index contributed by atoms with van der Waals surface area (Å²) in [6, 6.07) is 5.62. The van der Waals surface area contributed by atoms with E-state index in [4.69, 9.17) is 9.16 Å². The van der Waals surface area contributed by atoms with Gasteiger partial charge in [-0.3, -0.25) is 4.79 Å². The predicted molar refractivity (Wildman–Crippen MR) is 98.8 cm³/mol. The molecule has 0 radical (unpaired) electrons. The van der Waals surface area contributed by atoms with Gasteiger partial charge in [0.1, 0.15) is 5.75 Å². The molecule has 0 spiro atoms. The minimum Gasteiger partial charge on any atom is -0.496 e. The SMILES string of the molecule is COc1ccc(C(=O)C(C)(C)C)cc1CO[Si](C)(C)C(C)(C)C. The van der Waals surface area contributed by atoms with Crippen molar-refractivity contribution in [2.24, 2.45) is 5.41 Å². The number of Topliss-reactive ketones (excluding diaryl/α,β-unsaturated/α-hetero) is 1. The summed E-state index contributed by atoms with van der Waals surface area (Å²) >= 11 is 0. The maximum Gasteiger partial charge on any atom is 0.192 e. The van der Waals surface area contributed by atoms with Crippen LogP contribution in [0.4, 0.5) is 0 Å². The van der Waals surface area contributed by atoms with E-state index in [2.05, 4.69) is 33.9 Å². The van der Waals surface area contributed by atoms with Crippen molar-refractivity contribution < 1.29 is 14.0 Å². The number of carbonyl (C=O) groups excluding carboxylic acids is 1. The number of methoxy groups -OCH3 is 1. The van der Waals surface area contributed by atoms with Crippen LogP contribution in [0.25, 0.3) is 0 Å². The third-order valence-electron chi connectivity index (χ3n) is 4.62. The molecule has 1 aromatic rings. The van der Waals surface area contributed by atoms with E-state index in [1.807, 2.05) is 39.0 Å². The first-order chi connectivity index (χ1) is 10.3. The van der Waals surface area contributed by atoms with Crippen LogP contribution in [0.1, 0.15) is 57.5 Å². The van der Waals surface area contributed by atoms with Crippen LogP contribution in [0.3, 0.4) is 0 Å². The van der Waals surface area contributed by atoms with E-state index in [0.717, 1.165) is 11.3 Å². The Morgan fingerprint density at radius 1 is 1.09 bits per heavy atom. The molecule has 130 valence electrons. The summed E-state index contributed by atoms with van der Waals surface area (Å²) in [6.45, 7) is 17.4. The van der Waals surface area contributed by atoms with E-state index in [1.54, 1.807) is 7.11 Å². The molecule has 23 heavy (non-hydrogen) atoms. The van der Waals surface area contributed by atoms with Gasteiger partial charge >= 0.3 is 0 Å². The lowest BCUT2D eigenvalue weighted by molar-refractivity contribution is 0.0858. The van der Waals surface area contributed by atoms with Gasteiger partial charge in [0.05, 0.1) is 13.7 Å². The first-order valence-electron chi connectivity index (χ1n) is 8.15. The van der Waals surface area contributed by atoms with Crippen LogP contribution in [-0.2, 0) is 11.0 Å². The smallest absolute Gasteiger partial charge is 0.192 e. The van der Waals surface area contributed by atoms with Crippen LogP contribution in [0.15, 0.2) is 18.2 Å². The fraction of sp³-hybridized carbons (Fsp3) is 0.632. The molecule has 0 bridgehead atoms. The predicted octanol–water partition coefficient (Wildman–Crippen LogP) is 5.45. The van der Waals surface area contributed by atoms with Gasteiger partial charge < -0.3 is 9.16 Å². The van der Waals surface area contributed by atoms with E-state index in [9.17, 15) is 4.79 Å². The molecule has 4 heteroatoms. The van der Waals surface area contributed by atoms with Crippen molar-refractivity contribution >= 4 is 14.1 Å². The van der Waals surface area contributed by atoms with Crippen LogP contribution in [0, 0.1) is 5.41 Å². The van der Waals surface area contributed by atoms with Gasteiger partial charge in [0, 0.05) is 16.5 Å². The highest BCUT2D eigenvalue weighted by molar-refractivity contribution is 6.74. The van der Waals surface area contributed by atoms with Gasteiger partial charge in [-0.25, -0.2) is 0 Å². The molecule has 0 amide bonds. The van der Waals surface area contributed by atoms with Gasteiger partial charge in [-0.15, -0.1) is 0 Å². The van der Waals surface area contributed by atoms with E-state index in [1.165, 1.54) is 0 Å². The molecule has 1 aromatic carbocycles. The van der Waals surface area contributed by atoms with Crippen LogP contribution in [-0.4, -0.2) is 21.2 Å². The third kappa shape index (κ3) is 4.92. The summed E-state index contributed by atoms with van der Waals surface area (Å²) in [5, 5.41) is 0.152. The molecular weight excluding hydrogens is 304 g/mol. The summed E-state index contributed by atoms with van der Waals surface area (Å²) in [6.07, 6.45) is 0. The molecule has 0 aromatic heterocycles. The zero-order valence-corrected chi connectivity index (χ0v) is 17.2. The zero-order valence-electron chi connectivity index (χ0n) is 16.2. The van der Waals surface area contributed by atoms with E-state index >= 15 is 0 Å². The van der Waals surface area contributed by atoms with Crippen LogP contribution in [0.2, 0.25) is 18.1 Å². The number of hydrogen-bond donors (Lipinski definition) is 0. The van der Waals surface area contributed by atoms with Crippen LogP contribution >= 0.6 is 0 Å². The third-order valence-corrected chi connectivity index (χ3v) is 9.10. The molecular formula is C19H32O3Si. The molecule has 3 nitrogen and oxygen atoms in total. The number of hydrogen-bond acceptors (Lipinski definition) is 3. The number of carbonyl (C=O) groups is 1. The molecule has 0 heterocycles. The van der Waals surface area contributed by atoms with Crippen molar-refractivity contribution in [3.05, 3.63) is 29.3 Å². The van der Waals surface area contributed by atoms with Crippen LogP contribution < -0.4 is 4.74 Å². The van der Waals surface area contributed by atoms with E-state index in [-0.39, 0.29) is 10.8 Å². The van der Waals surface area contributed by atoms with Gasteiger partial charge in [-0.05, 0) is 36.3 Å². The average Bonchev–Trinajstić information content (AvgIpc) is 2.41. The molecule has 0 aliphatic carbocycles. The lowest BCUT2D eigenvalue weighted by Crippen LogP contribution is -2.40. The standard InChI is InChI=1S/C19H32O3Si/c1-18(2,3)17(20)14-10-11-16(21-7)15(12-14)13-22-23(8,9)19(4,5)6/h10-12H,13H2,1-9H3. The van der Waals surface area contributed by atoms with Crippen molar-refractivity contribution in [1.29, 1.82) is 0 Å². The van der Waals surface area contributed by atoms with Crippen LogP contribution in [0.5, 0.6) is 5.75 Å². The number of rotatable bonds is 5. The highest BCUT2D eigenvalue weighted by atomic mass is 28.4. The summed E-state index contributed by atoms with van der Waals surface area (Å²) in [5.74, 6) is 0.905. The Bertz CT molecular complexity index is 563. The Labute approximate surface area is 142 Å². The van der Waals surface area contributed by atoms with E-state index in [0.29, 0.717) is 12.2 Å². The second-order valence-electron chi connectivity index (χ2n) is 8.65. The zero-order chi connectivity index (χ0) is 18.1. The first-order valence-corrected chi connectivity index (χ1v) is 11.1. The molecule has 1 rings (SSSR count). The molecule has 0 aliphatic rings. The Morgan fingerprint density at radius 2 is 1.65 bits per heavy atom. The number of ketones is 1. The van der Waals surface area contributed by atoms with Gasteiger partial charge in [-0.1, -0.05) is 41.5 Å². The quantitative estimate of drug-likeness (QED) is 0.530. The maximum atomic E-state index is 12.5. The molecule has 0 N–H and O–H groups in total. The lowest BCUT2D eigenvalue weighted by Gasteiger charge is -2.36. The second kappa shape index (κ2) is 6.77. The van der Waals surface area contributed by atoms with Crippen molar-refractivity contribution in [3.8, 4) is 5.75 Å². The molecule has 0 fully saturated rings. The summed E-state index contributed by atoms with van der Waals surface area (Å²) in [7, 11) is -0.196. The van der Waals surface area contributed by atoms with Crippen molar-refractivity contribution in [2.45, 2.75) is 66.3 Å². The van der Waals surface area contributed by atoms with Crippen molar-refractivity contribution in [2.75, 3.05) is 7.11 Å². The molecule has 0 saturated heterocycles. The molecule has 0 aliphatic heterocycles. The largest absolute Gasteiger partial charge is 0.496 e. The highest BCUT2D eigenvalue weighted by Gasteiger charge is 2.37. The average molecular weight is 337 g/mol. The fourth-order valence-electron chi connectivity index (χ4n) is 1.94. The monoisotopic (exact) mass is 336 g/mol. The maximum absolute atomic E-state index is 12.5. The Morgan fingerprint density at radius 3 is 2.09 bits per heavy atom. The first kappa shape index (κ1) is 19.9. The minimum absolute atomic E-state index is 0.133. The molecule has 0 atom stereocenters. The number of benzene rings is 1. The number of ether oxygens (including phenoxy) is 1. The van der Waals surface area contributed by atoms with Gasteiger partial charge in [0.25, 0.3) is 0 Å². The molecule has 0 saturated carbocycles. The Hall–Kier alpha value is -1.13. The lowest BCUT2D eigenvalue weighted by atomic mass is 9.86.